The van der Waals surface area contributed by atoms with E-state index in [-0.39, 0.29) is 23.8 Å². The highest BCUT2D eigenvalue weighted by atomic mass is 16.2. The lowest BCUT2D eigenvalue weighted by atomic mass is 9.88. The molecule has 1 aliphatic carbocycles. The van der Waals surface area contributed by atoms with Gasteiger partial charge in [0.2, 0.25) is 5.91 Å². The minimum absolute atomic E-state index is 0.0809. The molecule has 1 saturated heterocycles. The third-order valence-electron chi connectivity index (χ3n) is 7.26. The van der Waals surface area contributed by atoms with E-state index >= 15 is 0 Å². The molecule has 2 aliphatic rings. The van der Waals surface area contributed by atoms with Gasteiger partial charge in [0.1, 0.15) is 0 Å². The summed E-state index contributed by atoms with van der Waals surface area (Å²) < 4.78 is 0. The normalized spacial score (nSPS) is 18.5. The van der Waals surface area contributed by atoms with Crippen LogP contribution < -0.4 is 15.5 Å². The highest BCUT2D eigenvalue weighted by Crippen LogP contribution is 2.30. The molecule has 1 unspecified atom stereocenters. The van der Waals surface area contributed by atoms with Gasteiger partial charge in [-0.3, -0.25) is 9.59 Å². The van der Waals surface area contributed by atoms with Crippen LogP contribution in [0.5, 0.6) is 0 Å². The van der Waals surface area contributed by atoms with Gasteiger partial charge in [0.15, 0.2) is 0 Å². The summed E-state index contributed by atoms with van der Waals surface area (Å²) in [5, 5.41) is 6.26. The minimum atomic E-state index is -0.103. The van der Waals surface area contributed by atoms with E-state index in [4.69, 9.17) is 0 Å². The fourth-order valence-electron chi connectivity index (χ4n) is 5.03. The van der Waals surface area contributed by atoms with Crippen LogP contribution in [0, 0.1) is 11.8 Å². The number of nitrogens with zero attached hydrogens (tertiary/aromatic N) is 1. The predicted molar refractivity (Wildman–Crippen MR) is 135 cm³/mol. The predicted octanol–water partition coefficient (Wildman–Crippen LogP) is 5.93. The highest BCUT2D eigenvalue weighted by Gasteiger charge is 2.24. The second-order valence-corrected chi connectivity index (χ2v) is 9.83. The van der Waals surface area contributed by atoms with Gasteiger partial charge in [-0.15, -0.1) is 0 Å². The molecule has 2 fully saturated rings. The molecule has 0 radical (unpaired) electrons. The van der Waals surface area contributed by atoms with Gasteiger partial charge in [-0.25, -0.2) is 0 Å². The first-order valence-corrected chi connectivity index (χ1v) is 12.6. The molecule has 0 aromatic heterocycles. The average molecular weight is 448 g/mol. The molecule has 2 aromatic rings. The molecule has 0 bridgehead atoms. The van der Waals surface area contributed by atoms with Crippen molar-refractivity contribution in [1.29, 1.82) is 0 Å². The summed E-state index contributed by atoms with van der Waals surface area (Å²) in [5.74, 6) is 0.773. The largest absolute Gasteiger partial charge is 0.371 e. The Morgan fingerprint density at radius 2 is 1.64 bits per heavy atom. The van der Waals surface area contributed by atoms with Crippen molar-refractivity contribution in [2.75, 3.05) is 23.3 Å². The van der Waals surface area contributed by atoms with E-state index in [1.807, 2.05) is 55.5 Å². The molecule has 2 aromatic carbocycles. The molecule has 0 spiro atoms. The summed E-state index contributed by atoms with van der Waals surface area (Å²) in [6, 6.07) is 15.7. The van der Waals surface area contributed by atoms with E-state index in [0.29, 0.717) is 17.2 Å². The number of hydrogen-bond donors (Lipinski definition) is 2. The van der Waals surface area contributed by atoms with Gasteiger partial charge in [0.05, 0.1) is 11.6 Å². The van der Waals surface area contributed by atoms with Crippen LogP contribution in [0.4, 0.5) is 11.4 Å². The van der Waals surface area contributed by atoms with Crippen LogP contribution in [0.3, 0.4) is 0 Å². The van der Waals surface area contributed by atoms with Gasteiger partial charge < -0.3 is 15.5 Å². The Labute approximate surface area is 197 Å². The topological polar surface area (TPSA) is 61.4 Å². The van der Waals surface area contributed by atoms with Crippen LogP contribution >= 0.6 is 0 Å². The van der Waals surface area contributed by atoms with Gasteiger partial charge in [-0.05, 0) is 62.3 Å². The fourth-order valence-corrected chi connectivity index (χ4v) is 5.03. The van der Waals surface area contributed by atoms with Gasteiger partial charge in [0, 0.05) is 30.4 Å². The monoisotopic (exact) mass is 447 g/mol. The Hall–Kier alpha value is -2.82. The molecule has 1 heterocycles. The Morgan fingerprint density at radius 1 is 0.939 bits per heavy atom. The summed E-state index contributed by atoms with van der Waals surface area (Å²) in [4.78, 5) is 28.6. The van der Waals surface area contributed by atoms with Crippen molar-refractivity contribution in [3.63, 3.8) is 0 Å². The number of nitrogens with one attached hydrogen (secondary N) is 2. The number of amides is 2. The molecule has 4 rings (SSSR count). The third-order valence-corrected chi connectivity index (χ3v) is 7.26. The fraction of sp³-hybridized carbons (Fsp3) is 0.500. The number of anilines is 2. The first kappa shape index (κ1) is 23.3. The maximum absolute atomic E-state index is 13.4. The zero-order valence-corrected chi connectivity index (χ0v) is 20.0. The molecule has 176 valence electrons. The van der Waals surface area contributed by atoms with E-state index in [0.717, 1.165) is 62.9 Å². The Morgan fingerprint density at radius 3 is 2.33 bits per heavy atom. The first-order valence-electron chi connectivity index (χ1n) is 12.6. The van der Waals surface area contributed by atoms with Crippen molar-refractivity contribution in [1.82, 2.24) is 5.32 Å². The number of rotatable bonds is 6. The lowest BCUT2D eigenvalue weighted by Gasteiger charge is -2.33. The molecular weight excluding hydrogens is 410 g/mol. The molecule has 2 amide bonds. The molecule has 33 heavy (non-hydrogen) atoms. The van der Waals surface area contributed by atoms with Crippen molar-refractivity contribution < 1.29 is 9.59 Å². The molecular formula is C28H37N3O2. The summed E-state index contributed by atoms with van der Waals surface area (Å²) in [5.41, 5.74) is 3.36. The first-order chi connectivity index (χ1) is 16.0. The molecule has 1 saturated carbocycles. The van der Waals surface area contributed by atoms with Crippen LogP contribution in [-0.4, -0.2) is 24.9 Å². The number of carbonyl (C=O) groups excluding carboxylic acids is 2. The van der Waals surface area contributed by atoms with Gasteiger partial charge in [-0.1, -0.05) is 56.5 Å². The zero-order chi connectivity index (χ0) is 23.2. The molecule has 1 aliphatic heterocycles. The lowest BCUT2D eigenvalue weighted by molar-refractivity contribution is -0.120. The molecule has 5 nitrogen and oxygen atoms in total. The van der Waals surface area contributed by atoms with E-state index < -0.39 is 0 Å². The summed E-state index contributed by atoms with van der Waals surface area (Å²) >= 11 is 0. The van der Waals surface area contributed by atoms with E-state index in [1.54, 1.807) is 0 Å². The van der Waals surface area contributed by atoms with Crippen molar-refractivity contribution in [3.05, 3.63) is 59.7 Å². The molecule has 2 N–H and O–H groups in total. The van der Waals surface area contributed by atoms with Crippen LogP contribution in [-0.2, 0) is 4.79 Å². The summed E-state index contributed by atoms with van der Waals surface area (Å²) in [7, 11) is 0. The van der Waals surface area contributed by atoms with E-state index in [1.165, 1.54) is 6.42 Å². The van der Waals surface area contributed by atoms with Crippen molar-refractivity contribution in [2.45, 2.75) is 64.8 Å². The lowest BCUT2D eigenvalue weighted by Crippen LogP contribution is -2.35. The van der Waals surface area contributed by atoms with Crippen LogP contribution in [0.25, 0.3) is 0 Å². The quantitative estimate of drug-likeness (QED) is 0.577. The summed E-state index contributed by atoms with van der Waals surface area (Å²) in [6.45, 7) is 6.19. The highest BCUT2D eigenvalue weighted by molar-refractivity contribution is 6.02. The van der Waals surface area contributed by atoms with Crippen molar-refractivity contribution in [2.24, 2.45) is 11.8 Å². The average Bonchev–Trinajstić information content (AvgIpc) is 2.85. The Balaban J connectivity index is 1.55. The minimum Gasteiger partial charge on any atom is -0.371 e. The van der Waals surface area contributed by atoms with Crippen LogP contribution in [0.15, 0.2) is 48.5 Å². The number of piperidine rings is 1. The SMILES string of the molecule is CC1CCN(c2ccc(NC(=O)C3CCCCC3)cc2C(=O)NC(C)c2ccccc2)CC1. The molecule has 5 heteroatoms. The maximum atomic E-state index is 13.4. The van der Waals surface area contributed by atoms with Crippen LogP contribution in [0.1, 0.15) is 80.8 Å². The van der Waals surface area contributed by atoms with Crippen molar-refractivity contribution >= 4 is 23.2 Å². The standard InChI is InChI=1S/C28H37N3O2/c1-20-15-17-31(18-16-20)26-14-13-24(30-27(32)23-11-7-4-8-12-23)19-25(26)28(33)29-21(2)22-9-5-3-6-10-22/h3,5-6,9-10,13-14,19-21,23H,4,7-8,11-12,15-18H2,1-2H3,(H,29,33)(H,30,32). The van der Waals surface area contributed by atoms with E-state index in [9.17, 15) is 9.59 Å². The Bertz CT molecular complexity index is 945. The number of hydrogen-bond acceptors (Lipinski definition) is 3. The molecule has 1 atom stereocenters. The zero-order valence-electron chi connectivity index (χ0n) is 20.0. The number of benzene rings is 2. The third kappa shape index (κ3) is 5.95. The van der Waals surface area contributed by atoms with Crippen LogP contribution in [0.2, 0.25) is 0 Å². The maximum Gasteiger partial charge on any atom is 0.253 e. The smallest absolute Gasteiger partial charge is 0.253 e. The van der Waals surface area contributed by atoms with Crippen molar-refractivity contribution in [3.8, 4) is 0 Å². The second-order valence-electron chi connectivity index (χ2n) is 9.83. The second kappa shape index (κ2) is 10.9. The van der Waals surface area contributed by atoms with Gasteiger partial charge in [0.25, 0.3) is 5.91 Å². The van der Waals surface area contributed by atoms with Gasteiger partial charge in [-0.2, -0.15) is 0 Å². The van der Waals surface area contributed by atoms with Gasteiger partial charge >= 0.3 is 0 Å². The summed E-state index contributed by atoms with van der Waals surface area (Å²) in [6.07, 6.45) is 7.63. The Kier molecular flexibility index (Phi) is 7.69. The van der Waals surface area contributed by atoms with E-state index in [2.05, 4.69) is 22.5 Å². The number of carbonyl (C=O) groups is 2.